The maximum atomic E-state index is 12.4. The smallest absolute Gasteiger partial charge is 0.240 e. The molecule has 29 heavy (non-hydrogen) atoms. The number of sulfonamides is 1. The average molecular weight is 415 g/mol. The molecule has 0 aliphatic heterocycles. The highest BCUT2D eigenvalue weighted by molar-refractivity contribution is 7.89. The van der Waals surface area contributed by atoms with Gasteiger partial charge in [-0.2, -0.15) is 0 Å². The number of rotatable bonds is 8. The molecule has 0 bridgehead atoms. The molecule has 6 nitrogen and oxygen atoms in total. The summed E-state index contributed by atoms with van der Waals surface area (Å²) >= 11 is 0. The molecule has 0 spiro atoms. The Kier molecular flexibility index (Phi) is 6.49. The summed E-state index contributed by atoms with van der Waals surface area (Å²) in [6.07, 6.45) is 3.42. The minimum absolute atomic E-state index is 0.0453. The Morgan fingerprint density at radius 2 is 1.66 bits per heavy atom. The first kappa shape index (κ1) is 21.2. The molecule has 0 heterocycles. The summed E-state index contributed by atoms with van der Waals surface area (Å²) in [7, 11) is -3.57. The fourth-order valence-corrected chi connectivity index (χ4v) is 4.69. The van der Waals surface area contributed by atoms with Crippen LogP contribution in [0.1, 0.15) is 54.6 Å². The summed E-state index contributed by atoms with van der Waals surface area (Å²) in [4.78, 5) is 24.7. The number of hydrogen-bond donors (Lipinski definition) is 2. The summed E-state index contributed by atoms with van der Waals surface area (Å²) in [5.74, 6) is -0.327. The van der Waals surface area contributed by atoms with Gasteiger partial charge in [-0.05, 0) is 74.6 Å². The number of nitrogens with one attached hydrogen (secondary N) is 2. The molecule has 2 aromatic rings. The number of carbonyl (C=O) groups is 2. The van der Waals surface area contributed by atoms with E-state index in [9.17, 15) is 18.0 Å². The number of carbonyl (C=O) groups excluding carboxylic acids is 2. The Hall–Kier alpha value is -2.51. The maximum absolute atomic E-state index is 12.4. The van der Waals surface area contributed by atoms with Crippen molar-refractivity contribution in [2.75, 3.05) is 5.32 Å². The maximum Gasteiger partial charge on any atom is 0.240 e. The molecule has 0 unspecified atom stereocenters. The first-order chi connectivity index (χ1) is 13.7. The summed E-state index contributed by atoms with van der Waals surface area (Å²) in [5.41, 5.74) is 3.70. The number of benzene rings is 2. The molecule has 154 valence electrons. The predicted molar refractivity (Wildman–Crippen MR) is 113 cm³/mol. The molecule has 0 atom stereocenters. The standard InChI is InChI=1S/C22H26N2O4S/c1-15(2)24-29(27,28)20-10-8-19(9-11-20)23-22(26)13-12-21(25)18-7-6-16-4-3-5-17(16)14-18/h6-11,14-15,24H,3-5,12-13H2,1-2H3,(H,23,26). The van der Waals surface area contributed by atoms with Gasteiger partial charge in [0.2, 0.25) is 15.9 Å². The van der Waals surface area contributed by atoms with Crippen molar-refractivity contribution in [3.8, 4) is 0 Å². The van der Waals surface area contributed by atoms with E-state index in [1.54, 1.807) is 13.8 Å². The molecular formula is C22H26N2O4S. The zero-order chi connectivity index (χ0) is 21.0. The van der Waals surface area contributed by atoms with Gasteiger partial charge in [0.15, 0.2) is 5.78 Å². The van der Waals surface area contributed by atoms with Crippen LogP contribution in [0.5, 0.6) is 0 Å². The molecule has 2 aromatic carbocycles. The predicted octanol–water partition coefficient (Wildman–Crippen LogP) is 3.46. The Bertz CT molecular complexity index is 1010. The van der Waals surface area contributed by atoms with Crippen molar-refractivity contribution in [2.45, 2.75) is 56.9 Å². The van der Waals surface area contributed by atoms with Crippen molar-refractivity contribution in [1.82, 2.24) is 4.72 Å². The first-order valence-electron chi connectivity index (χ1n) is 9.82. The van der Waals surface area contributed by atoms with Crippen LogP contribution < -0.4 is 10.0 Å². The third kappa shape index (κ3) is 5.52. The Morgan fingerprint density at radius 1 is 0.966 bits per heavy atom. The second-order valence-corrected chi connectivity index (χ2v) is 9.32. The topological polar surface area (TPSA) is 92.3 Å². The number of aryl methyl sites for hydroxylation is 2. The number of fused-ring (bicyclic) bond motifs is 1. The van der Waals surface area contributed by atoms with Gasteiger partial charge in [0.05, 0.1) is 4.90 Å². The molecule has 2 N–H and O–H groups in total. The summed E-state index contributed by atoms with van der Waals surface area (Å²) < 4.78 is 26.8. The molecule has 0 aromatic heterocycles. The van der Waals surface area contributed by atoms with Gasteiger partial charge in [0.1, 0.15) is 0 Å². The number of hydrogen-bond acceptors (Lipinski definition) is 4. The van der Waals surface area contributed by atoms with Crippen molar-refractivity contribution in [1.29, 1.82) is 0 Å². The first-order valence-corrected chi connectivity index (χ1v) is 11.3. The largest absolute Gasteiger partial charge is 0.326 e. The number of ketones is 1. The fraction of sp³-hybridized carbons (Fsp3) is 0.364. The van der Waals surface area contributed by atoms with E-state index in [4.69, 9.17) is 0 Å². The molecule has 0 radical (unpaired) electrons. The van der Waals surface area contributed by atoms with Crippen LogP contribution in [0.3, 0.4) is 0 Å². The van der Waals surface area contributed by atoms with Crippen LogP contribution in [0, 0.1) is 0 Å². The van der Waals surface area contributed by atoms with E-state index in [1.165, 1.54) is 35.4 Å². The van der Waals surface area contributed by atoms with Crippen molar-refractivity contribution < 1.29 is 18.0 Å². The van der Waals surface area contributed by atoms with Gasteiger partial charge in [0.25, 0.3) is 0 Å². The number of amides is 1. The van der Waals surface area contributed by atoms with Crippen molar-refractivity contribution in [3.63, 3.8) is 0 Å². The average Bonchev–Trinajstić information content (AvgIpc) is 3.13. The van der Waals surface area contributed by atoms with Crippen LogP contribution in [-0.4, -0.2) is 26.2 Å². The minimum Gasteiger partial charge on any atom is -0.326 e. The molecule has 1 aliphatic rings. The highest BCUT2D eigenvalue weighted by Gasteiger charge is 2.16. The van der Waals surface area contributed by atoms with Crippen molar-refractivity contribution in [2.24, 2.45) is 0 Å². The lowest BCUT2D eigenvalue weighted by Gasteiger charge is -2.10. The number of anilines is 1. The van der Waals surface area contributed by atoms with Gasteiger partial charge in [-0.25, -0.2) is 13.1 Å². The quantitative estimate of drug-likeness (QED) is 0.647. The van der Waals surface area contributed by atoms with E-state index >= 15 is 0 Å². The Labute approximate surface area is 171 Å². The highest BCUT2D eigenvalue weighted by atomic mass is 32.2. The molecule has 7 heteroatoms. The third-order valence-corrected chi connectivity index (χ3v) is 6.51. The van der Waals surface area contributed by atoms with E-state index in [0.717, 1.165) is 19.3 Å². The zero-order valence-electron chi connectivity index (χ0n) is 16.7. The zero-order valence-corrected chi connectivity index (χ0v) is 17.5. The second-order valence-electron chi connectivity index (χ2n) is 7.61. The molecule has 0 fully saturated rings. The van der Waals surface area contributed by atoms with Crippen LogP contribution in [-0.2, 0) is 27.7 Å². The van der Waals surface area contributed by atoms with Gasteiger partial charge in [0, 0.05) is 30.1 Å². The lowest BCUT2D eigenvalue weighted by molar-refractivity contribution is -0.116. The van der Waals surface area contributed by atoms with Gasteiger partial charge >= 0.3 is 0 Å². The second kappa shape index (κ2) is 8.88. The normalized spacial score (nSPS) is 13.3. The van der Waals surface area contributed by atoms with E-state index in [0.29, 0.717) is 11.3 Å². The molecule has 0 saturated carbocycles. The van der Waals surface area contributed by atoms with Crippen LogP contribution in [0.2, 0.25) is 0 Å². The molecule has 3 rings (SSSR count). The third-order valence-electron chi connectivity index (χ3n) is 4.84. The molecular weight excluding hydrogens is 388 g/mol. The van der Waals surface area contributed by atoms with Crippen LogP contribution >= 0.6 is 0 Å². The van der Waals surface area contributed by atoms with Gasteiger partial charge in [-0.1, -0.05) is 12.1 Å². The van der Waals surface area contributed by atoms with E-state index in [1.807, 2.05) is 18.2 Å². The Balaban J connectivity index is 1.53. The molecule has 0 saturated heterocycles. The summed E-state index contributed by atoms with van der Waals surface area (Å²) in [6.45, 7) is 3.49. The van der Waals surface area contributed by atoms with E-state index in [2.05, 4.69) is 10.0 Å². The molecule has 1 aliphatic carbocycles. The van der Waals surface area contributed by atoms with Gasteiger partial charge in [-0.3, -0.25) is 9.59 Å². The van der Waals surface area contributed by atoms with E-state index < -0.39 is 10.0 Å². The summed E-state index contributed by atoms with van der Waals surface area (Å²) in [5, 5.41) is 2.70. The summed E-state index contributed by atoms with van der Waals surface area (Å²) in [6, 6.07) is 11.6. The molecule has 1 amide bonds. The van der Waals surface area contributed by atoms with E-state index in [-0.39, 0.29) is 35.5 Å². The van der Waals surface area contributed by atoms with Crippen LogP contribution in [0.4, 0.5) is 5.69 Å². The van der Waals surface area contributed by atoms with Crippen LogP contribution in [0.15, 0.2) is 47.4 Å². The minimum atomic E-state index is -3.57. The van der Waals surface area contributed by atoms with Crippen molar-refractivity contribution in [3.05, 3.63) is 59.2 Å². The van der Waals surface area contributed by atoms with Gasteiger partial charge in [-0.15, -0.1) is 0 Å². The SMILES string of the molecule is CC(C)NS(=O)(=O)c1ccc(NC(=O)CCC(=O)c2ccc3c(c2)CCC3)cc1. The van der Waals surface area contributed by atoms with Gasteiger partial charge < -0.3 is 5.32 Å². The monoisotopic (exact) mass is 414 g/mol. The fourth-order valence-electron chi connectivity index (χ4n) is 3.44. The highest BCUT2D eigenvalue weighted by Crippen LogP contribution is 2.23. The number of Topliss-reactive ketones (excluding diaryl/α,β-unsaturated/α-hetero) is 1. The van der Waals surface area contributed by atoms with Crippen LogP contribution in [0.25, 0.3) is 0 Å². The lowest BCUT2D eigenvalue weighted by Crippen LogP contribution is -2.30. The Morgan fingerprint density at radius 3 is 2.34 bits per heavy atom. The lowest BCUT2D eigenvalue weighted by atomic mass is 10.0. The van der Waals surface area contributed by atoms with Crippen molar-refractivity contribution >= 4 is 27.4 Å².